The van der Waals surface area contributed by atoms with Crippen LogP contribution >= 0.6 is 0 Å². The second-order valence-electron chi connectivity index (χ2n) is 12.2. The van der Waals surface area contributed by atoms with Crippen molar-refractivity contribution in [2.45, 2.75) is 25.4 Å². The van der Waals surface area contributed by atoms with E-state index in [1.54, 1.807) is 0 Å². The number of benzene rings is 3. The second-order valence-corrected chi connectivity index (χ2v) is 12.2. The van der Waals surface area contributed by atoms with Crippen molar-refractivity contribution in [3.05, 3.63) is 132 Å². The second kappa shape index (κ2) is 34.4. The number of aliphatic imine (C=N–C) groups is 2. The molecule has 316 valence electrons. The first-order valence-corrected chi connectivity index (χ1v) is 18.6. The minimum Gasteiger partial charge on any atom is -0.478 e. The zero-order chi connectivity index (χ0) is 41.9. The summed E-state index contributed by atoms with van der Waals surface area (Å²) < 4.78 is 0. The molecule has 1 aliphatic rings. The molecule has 0 spiro atoms. The fraction of sp³-hybridized carbons (Fsp3) is 0.333. The SMILES string of the molecule is C(=NCCN1CCN(CCN=Cc2ccccc2)C1c1ccccc1)c1ccccc1.NCCCCCNCCN.O.O=C(O)/C=C\C(=O)O.O=C(O)/C=C\C(=O)O. The molecular weight excluding hydrogens is 747 g/mol. The molecule has 16 heteroatoms. The Morgan fingerprint density at radius 2 is 0.983 bits per heavy atom. The van der Waals surface area contributed by atoms with E-state index in [-0.39, 0.29) is 5.48 Å². The van der Waals surface area contributed by atoms with Crippen LogP contribution in [0.15, 0.2) is 125 Å². The first kappa shape index (κ1) is 52.1. The monoisotopic (exact) mass is 805 g/mol. The summed E-state index contributed by atoms with van der Waals surface area (Å²) in [5.74, 6) is -5.03. The third-order valence-electron chi connectivity index (χ3n) is 7.69. The molecule has 58 heavy (non-hydrogen) atoms. The van der Waals surface area contributed by atoms with E-state index in [0.717, 1.165) is 83.0 Å². The third kappa shape index (κ3) is 27.7. The Bertz CT molecular complexity index is 1520. The lowest BCUT2D eigenvalue weighted by molar-refractivity contribution is -0.134. The maximum absolute atomic E-state index is 9.55. The van der Waals surface area contributed by atoms with Gasteiger partial charge in [-0.25, -0.2) is 19.2 Å². The lowest BCUT2D eigenvalue weighted by Gasteiger charge is -2.30. The molecule has 11 N–H and O–H groups in total. The fourth-order valence-corrected chi connectivity index (χ4v) is 5.12. The third-order valence-corrected chi connectivity index (χ3v) is 7.69. The number of nitrogens with two attached hydrogens (primary N) is 2. The lowest BCUT2D eigenvalue weighted by atomic mass is 10.1. The topological polar surface area (TPSA) is 276 Å². The molecule has 0 bridgehead atoms. The van der Waals surface area contributed by atoms with Gasteiger partial charge in [0, 0.05) is 76.0 Å². The van der Waals surface area contributed by atoms with Crippen LogP contribution in [0.25, 0.3) is 0 Å². The summed E-state index contributed by atoms with van der Waals surface area (Å²) in [4.78, 5) is 52.6. The minimum absolute atomic E-state index is 0. The van der Waals surface area contributed by atoms with Gasteiger partial charge < -0.3 is 42.7 Å². The normalized spacial score (nSPS) is 13.9. The van der Waals surface area contributed by atoms with Crippen LogP contribution in [0.1, 0.15) is 42.1 Å². The maximum Gasteiger partial charge on any atom is 0.328 e. The van der Waals surface area contributed by atoms with E-state index in [9.17, 15) is 19.2 Å². The molecule has 0 aliphatic carbocycles. The molecule has 0 atom stereocenters. The van der Waals surface area contributed by atoms with E-state index in [1.807, 2.05) is 48.8 Å². The van der Waals surface area contributed by atoms with Gasteiger partial charge in [0.05, 0.1) is 19.3 Å². The summed E-state index contributed by atoms with van der Waals surface area (Å²) in [5, 5.41) is 34.5. The Morgan fingerprint density at radius 1 is 0.586 bits per heavy atom. The van der Waals surface area contributed by atoms with Crippen molar-refractivity contribution in [2.24, 2.45) is 21.5 Å². The molecule has 0 unspecified atom stereocenters. The van der Waals surface area contributed by atoms with Gasteiger partial charge in [0.15, 0.2) is 0 Å². The van der Waals surface area contributed by atoms with Crippen molar-refractivity contribution in [2.75, 3.05) is 65.4 Å². The number of aliphatic carboxylic acids is 4. The van der Waals surface area contributed by atoms with Crippen molar-refractivity contribution in [3.63, 3.8) is 0 Å². The number of rotatable bonds is 20. The van der Waals surface area contributed by atoms with Gasteiger partial charge in [0.2, 0.25) is 0 Å². The number of unbranched alkanes of at least 4 members (excludes halogenated alkanes) is 2. The van der Waals surface area contributed by atoms with Gasteiger partial charge in [-0.2, -0.15) is 0 Å². The molecule has 0 saturated carbocycles. The van der Waals surface area contributed by atoms with Gasteiger partial charge in [-0.1, -0.05) is 97.4 Å². The van der Waals surface area contributed by atoms with E-state index in [2.05, 4.69) is 79.7 Å². The number of nitrogens with zero attached hydrogens (tertiary/aromatic N) is 4. The maximum atomic E-state index is 9.55. The molecular formula is C42H59N7O9. The van der Waals surface area contributed by atoms with E-state index >= 15 is 0 Å². The number of carboxylic acids is 4. The van der Waals surface area contributed by atoms with Crippen LogP contribution in [0.3, 0.4) is 0 Å². The zero-order valence-corrected chi connectivity index (χ0v) is 32.8. The molecule has 1 fully saturated rings. The average Bonchev–Trinajstić information content (AvgIpc) is 3.62. The molecule has 3 aromatic rings. The Balaban J connectivity index is 0.000000984. The predicted octanol–water partition coefficient (Wildman–Crippen LogP) is 2.80. The highest BCUT2D eigenvalue weighted by molar-refractivity contribution is 5.90. The van der Waals surface area contributed by atoms with E-state index in [4.69, 9.17) is 31.9 Å². The summed E-state index contributed by atoms with van der Waals surface area (Å²) in [6, 6.07) is 31.4. The van der Waals surface area contributed by atoms with Crippen molar-refractivity contribution < 1.29 is 45.1 Å². The van der Waals surface area contributed by atoms with Gasteiger partial charge in [0.1, 0.15) is 0 Å². The quantitative estimate of drug-likeness (QED) is 0.0492. The first-order valence-electron chi connectivity index (χ1n) is 18.6. The van der Waals surface area contributed by atoms with Crippen LogP contribution in [0.5, 0.6) is 0 Å². The summed E-state index contributed by atoms with van der Waals surface area (Å²) in [5.41, 5.74) is 14.3. The van der Waals surface area contributed by atoms with Crippen molar-refractivity contribution >= 4 is 36.3 Å². The summed E-state index contributed by atoms with van der Waals surface area (Å²) >= 11 is 0. The summed E-state index contributed by atoms with van der Waals surface area (Å²) in [7, 11) is 0. The van der Waals surface area contributed by atoms with Crippen LogP contribution in [0.2, 0.25) is 0 Å². The van der Waals surface area contributed by atoms with Crippen LogP contribution in [0, 0.1) is 0 Å². The predicted molar refractivity (Wildman–Crippen MR) is 227 cm³/mol. The highest BCUT2D eigenvalue weighted by Gasteiger charge is 2.32. The highest BCUT2D eigenvalue weighted by atomic mass is 16.4. The standard InChI is InChI=1S/C27H30N4.C7H19N3.2C4H4O4.H2O/c1-4-10-24(11-5-1)22-28-16-18-30-20-21-31(27(30)26-14-8-3-9-15-26)19-17-29-23-25-12-6-2-7-13-25;8-4-2-1-3-6-10-7-5-9;2*5-3(6)1-2-4(7)8;/h1-15,22-23,27H,16-21H2;10H,1-9H2;2*1-2H,(H,5,6)(H,7,8);1H2/b;;2*2-1-;. The molecule has 0 radical (unpaired) electrons. The lowest BCUT2D eigenvalue weighted by Crippen LogP contribution is -2.33. The minimum atomic E-state index is -1.26. The number of carboxylic acid groups (broad SMARTS) is 4. The summed E-state index contributed by atoms with van der Waals surface area (Å²) in [6.45, 7) is 9.19. The Labute approximate surface area is 340 Å². The zero-order valence-electron chi connectivity index (χ0n) is 32.8. The van der Waals surface area contributed by atoms with Crippen LogP contribution in [-0.4, -0.2) is 137 Å². The molecule has 1 heterocycles. The first-order chi connectivity index (χ1) is 27.6. The molecule has 0 aromatic heterocycles. The van der Waals surface area contributed by atoms with Crippen LogP contribution in [0.4, 0.5) is 0 Å². The van der Waals surface area contributed by atoms with Crippen molar-refractivity contribution in [3.8, 4) is 0 Å². The molecule has 0 amide bonds. The summed E-state index contributed by atoms with van der Waals surface area (Å²) in [6.07, 6.45) is 10.1. The number of nitrogens with one attached hydrogen (secondary N) is 1. The number of hydrogen-bond acceptors (Lipinski definition) is 11. The number of hydrogen-bond donors (Lipinski definition) is 7. The number of carbonyl (C=O) groups is 4. The van der Waals surface area contributed by atoms with Crippen molar-refractivity contribution in [1.29, 1.82) is 0 Å². The average molecular weight is 806 g/mol. The molecule has 3 aromatic carbocycles. The molecule has 1 saturated heterocycles. The Hall–Kier alpha value is -5.88. The van der Waals surface area contributed by atoms with Crippen LogP contribution in [-0.2, 0) is 19.2 Å². The van der Waals surface area contributed by atoms with Gasteiger partial charge in [0.25, 0.3) is 0 Å². The van der Waals surface area contributed by atoms with Crippen molar-refractivity contribution in [1.82, 2.24) is 15.1 Å². The molecule has 4 rings (SSSR count). The van der Waals surface area contributed by atoms with E-state index in [0.29, 0.717) is 30.5 Å². The van der Waals surface area contributed by atoms with Gasteiger partial charge in [-0.15, -0.1) is 0 Å². The van der Waals surface area contributed by atoms with Crippen LogP contribution < -0.4 is 16.8 Å². The van der Waals surface area contributed by atoms with E-state index in [1.165, 1.54) is 18.4 Å². The molecule has 1 aliphatic heterocycles. The van der Waals surface area contributed by atoms with Gasteiger partial charge in [-0.05, 0) is 42.6 Å². The highest BCUT2D eigenvalue weighted by Crippen LogP contribution is 2.29. The van der Waals surface area contributed by atoms with E-state index < -0.39 is 23.9 Å². The smallest absolute Gasteiger partial charge is 0.328 e. The van der Waals surface area contributed by atoms with Gasteiger partial charge in [-0.3, -0.25) is 19.8 Å². The largest absolute Gasteiger partial charge is 0.478 e. The Kier molecular flexibility index (Phi) is 30.9. The van der Waals surface area contributed by atoms with Gasteiger partial charge >= 0.3 is 23.9 Å². The molecule has 16 nitrogen and oxygen atoms in total. The fourth-order valence-electron chi connectivity index (χ4n) is 5.12. The Morgan fingerprint density at radius 3 is 1.34 bits per heavy atom.